The quantitative estimate of drug-likeness (QED) is 0.771. The summed E-state index contributed by atoms with van der Waals surface area (Å²) in [5.41, 5.74) is 9.24. The average Bonchev–Trinajstić information content (AvgIpc) is 2.19. The number of rotatable bonds is 5. The molecule has 2 nitrogen and oxygen atoms in total. The van der Waals surface area contributed by atoms with Gasteiger partial charge in [-0.3, -0.25) is 0 Å². The fourth-order valence-corrected chi connectivity index (χ4v) is 1.45. The molecule has 0 aromatic heterocycles. The Morgan fingerprint density at radius 2 is 2.19 bits per heavy atom. The van der Waals surface area contributed by atoms with Gasteiger partial charge in [0.2, 0.25) is 0 Å². The van der Waals surface area contributed by atoms with E-state index < -0.39 is 0 Å². The lowest BCUT2D eigenvalue weighted by molar-refractivity contribution is 0.319. The Morgan fingerprint density at radius 3 is 2.69 bits per heavy atom. The summed E-state index contributed by atoms with van der Waals surface area (Å²) in [6.07, 6.45) is 0.897. The maximum Gasteiger partial charge on any atom is 0.122 e. The summed E-state index contributed by atoms with van der Waals surface area (Å²) in [5, 5.41) is 0. The molecule has 1 rings (SSSR count). The normalized spacial score (nSPS) is 12.2. The van der Waals surface area contributed by atoms with E-state index in [4.69, 9.17) is 10.5 Å². The second-order valence-corrected chi connectivity index (χ2v) is 4.37. The molecular formula is C14H21NO. The van der Waals surface area contributed by atoms with E-state index in [2.05, 4.69) is 12.6 Å². The van der Waals surface area contributed by atoms with E-state index in [0.717, 1.165) is 28.9 Å². The largest absolute Gasteiger partial charge is 0.493 e. The van der Waals surface area contributed by atoms with Crippen molar-refractivity contribution in [1.82, 2.24) is 0 Å². The molecule has 0 amide bonds. The van der Waals surface area contributed by atoms with Crippen molar-refractivity contribution in [3.63, 3.8) is 0 Å². The number of ether oxygens (including phenoxy) is 1. The van der Waals surface area contributed by atoms with Crippen molar-refractivity contribution in [1.29, 1.82) is 0 Å². The fraction of sp³-hybridized carbons (Fsp3) is 0.429. The molecular weight excluding hydrogens is 198 g/mol. The van der Waals surface area contributed by atoms with Crippen molar-refractivity contribution < 1.29 is 4.74 Å². The first-order valence-corrected chi connectivity index (χ1v) is 5.64. The maximum absolute atomic E-state index is 5.82. The standard InChI is InChI=1S/C14H21NO/c1-10(2)7-8-16-14-6-5-13(12(4)15)9-11(14)3/h5-6,9,12H,1,7-8,15H2,2-4H3/t12-/m1/s1. The van der Waals surface area contributed by atoms with Gasteiger partial charge in [0.15, 0.2) is 0 Å². The Balaban J connectivity index is 2.64. The molecule has 0 unspecified atom stereocenters. The minimum Gasteiger partial charge on any atom is -0.493 e. The van der Waals surface area contributed by atoms with Gasteiger partial charge in [0.25, 0.3) is 0 Å². The fourth-order valence-electron chi connectivity index (χ4n) is 1.45. The molecule has 0 fully saturated rings. The zero-order valence-electron chi connectivity index (χ0n) is 10.4. The molecule has 0 aliphatic rings. The summed E-state index contributed by atoms with van der Waals surface area (Å²) in [7, 11) is 0. The van der Waals surface area contributed by atoms with Gasteiger partial charge in [0.1, 0.15) is 5.75 Å². The van der Waals surface area contributed by atoms with E-state index in [-0.39, 0.29) is 6.04 Å². The van der Waals surface area contributed by atoms with Gasteiger partial charge in [0.05, 0.1) is 6.61 Å². The van der Waals surface area contributed by atoms with Crippen molar-refractivity contribution in [3.8, 4) is 5.75 Å². The minimum atomic E-state index is 0.0724. The van der Waals surface area contributed by atoms with Gasteiger partial charge in [-0.25, -0.2) is 0 Å². The van der Waals surface area contributed by atoms with Crippen molar-refractivity contribution in [2.24, 2.45) is 5.73 Å². The Morgan fingerprint density at radius 1 is 1.50 bits per heavy atom. The first kappa shape index (κ1) is 12.8. The van der Waals surface area contributed by atoms with Crippen LogP contribution in [0.3, 0.4) is 0 Å². The zero-order chi connectivity index (χ0) is 12.1. The number of benzene rings is 1. The highest BCUT2D eigenvalue weighted by Crippen LogP contribution is 2.22. The Hall–Kier alpha value is -1.28. The summed E-state index contributed by atoms with van der Waals surface area (Å²) in [6, 6.07) is 6.17. The summed E-state index contributed by atoms with van der Waals surface area (Å²) in [5.74, 6) is 0.936. The van der Waals surface area contributed by atoms with E-state index >= 15 is 0 Å². The number of nitrogens with two attached hydrogens (primary N) is 1. The van der Waals surface area contributed by atoms with Gasteiger partial charge in [0, 0.05) is 12.5 Å². The number of aryl methyl sites for hydroxylation is 1. The molecule has 16 heavy (non-hydrogen) atoms. The molecule has 1 atom stereocenters. The highest BCUT2D eigenvalue weighted by molar-refractivity contribution is 5.37. The van der Waals surface area contributed by atoms with Crippen LogP contribution in [0.5, 0.6) is 5.75 Å². The SMILES string of the molecule is C=C(C)CCOc1ccc([C@@H](C)N)cc1C. The molecule has 0 radical (unpaired) electrons. The molecule has 2 N–H and O–H groups in total. The number of hydrogen-bond donors (Lipinski definition) is 1. The molecule has 1 aromatic carbocycles. The Labute approximate surface area is 98.1 Å². The highest BCUT2D eigenvalue weighted by atomic mass is 16.5. The monoisotopic (exact) mass is 219 g/mol. The van der Waals surface area contributed by atoms with E-state index in [1.165, 1.54) is 0 Å². The average molecular weight is 219 g/mol. The predicted molar refractivity (Wildman–Crippen MR) is 68.7 cm³/mol. The van der Waals surface area contributed by atoms with Crippen LogP contribution in [0.1, 0.15) is 37.4 Å². The molecule has 0 saturated carbocycles. The maximum atomic E-state index is 5.82. The second-order valence-electron chi connectivity index (χ2n) is 4.37. The summed E-state index contributed by atoms with van der Waals surface area (Å²) < 4.78 is 5.68. The van der Waals surface area contributed by atoms with Crippen LogP contribution in [0, 0.1) is 6.92 Å². The molecule has 0 aliphatic heterocycles. The van der Waals surface area contributed by atoms with Crippen LogP contribution in [-0.4, -0.2) is 6.61 Å². The lowest BCUT2D eigenvalue weighted by atomic mass is 10.1. The lowest BCUT2D eigenvalue weighted by Crippen LogP contribution is -2.06. The van der Waals surface area contributed by atoms with Crippen LogP contribution >= 0.6 is 0 Å². The summed E-state index contributed by atoms with van der Waals surface area (Å²) in [6.45, 7) is 10.6. The minimum absolute atomic E-state index is 0.0724. The molecule has 0 bridgehead atoms. The summed E-state index contributed by atoms with van der Waals surface area (Å²) >= 11 is 0. The third-order valence-corrected chi connectivity index (χ3v) is 2.51. The molecule has 1 aromatic rings. The van der Waals surface area contributed by atoms with E-state index in [1.54, 1.807) is 0 Å². The van der Waals surface area contributed by atoms with Gasteiger partial charge in [-0.2, -0.15) is 0 Å². The topological polar surface area (TPSA) is 35.2 Å². The molecule has 0 saturated heterocycles. The third kappa shape index (κ3) is 3.70. The van der Waals surface area contributed by atoms with Crippen LogP contribution in [0.15, 0.2) is 30.4 Å². The lowest BCUT2D eigenvalue weighted by Gasteiger charge is -2.12. The zero-order valence-corrected chi connectivity index (χ0v) is 10.4. The van der Waals surface area contributed by atoms with Crippen LogP contribution in [0.2, 0.25) is 0 Å². The summed E-state index contributed by atoms with van der Waals surface area (Å²) in [4.78, 5) is 0. The predicted octanol–water partition coefficient (Wildman–Crippen LogP) is 3.36. The molecule has 0 spiro atoms. The van der Waals surface area contributed by atoms with Crippen LogP contribution in [0.25, 0.3) is 0 Å². The number of hydrogen-bond acceptors (Lipinski definition) is 2. The first-order chi connectivity index (χ1) is 7.50. The third-order valence-electron chi connectivity index (χ3n) is 2.51. The second kappa shape index (κ2) is 5.71. The van der Waals surface area contributed by atoms with Gasteiger partial charge < -0.3 is 10.5 Å². The van der Waals surface area contributed by atoms with Crippen molar-refractivity contribution in [2.45, 2.75) is 33.2 Å². The Bertz CT molecular complexity index is 369. The van der Waals surface area contributed by atoms with Gasteiger partial charge in [-0.15, -0.1) is 6.58 Å². The molecule has 0 heterocycles. The Kier molecular flexibility index (Phi) is 4.56. The van der Waals surface area contributed by atoms with Crippen LogP contribution in [-0.2, 0) is 0 Å². The van der Waals surface area contributed by atoms with E-state index in [0.29, 0.717) is 6.61 Å². The molecule has 88 valence electrons. The van der Waals surface area contributed by atoms with E-state index in [1.807, 2.05) is 32.9 Å². The van der Waals surface area contributed by atoms with E-state index in [9.17, 15) is 0 Å². The van der Waals surface area contributed by atoms with Crippen LogP contribution < -0.4 is 10.5 Å². The highest BCUT2D eigenvalue weighted by Gasteiger charge is 2.04. The van der Waals surface area contributed by atoms with Gasteiger partial charge in [-0.05, 0) is 38.0 Å². The molecule has 0 aliphatic carbocycles. The van der Waals surface area contributed by atoms with Crippen molar-refractivity contribution >= 4 is 0 Å². The van der Waals surface area contributed by atoms with Crippen molar-refractivity contribution in [2.75, 3.05) is 6.61 Å². The smallest absolute Gasteiger partial charge is 0.122 e. The van der Waals surface area contributed by atoms with Gasteiger partial charge >= 0.3 is 0 Å². The van der Waals surface area contributed by atoms with Gasteiger partial charge in [-0.1, -0.05) is 17.7 Å². The molecule has 2 heteroatoms. The van der Waals surface area contributed by atoms with Crippen molar-refractivity contribution in [3.05, 3.63) is 41.5 Å². The van der Waals surface area contributed by atoms with Crippen LogP contribution in [0.4, 0.5) is 0 Å². The first-order valence-electron chi connectivity index (χ1n) is 5.64.